The molecule has 0 spiro atoms. The van der Waals surface area contributed by atoms with Crippen molar-refractivity contribution in [2.45, 2.75) is 26.8 Å². The first-order chi connectivity index (χ1) is 14.7. The van der Waals surface area contributed by atoms with Gasteiger partial charge in [0, 0.05) is 24.3 Å². The number of aryl methyl sites for hydroxylation is 1. The van der Waals surface area contributed by atoms with Crippen LogP contribution >= 0.6 is 0 Å². The van der Waals surface area contributed by atoms with Crippen molar-refractivity contribution in [1.82, 2.24) is 14.8 Å². The summed E-state index contributed by atoms with van der Waals surface area (Å²) in [6, 6.07) is 2.45. The smallest absolute Gasteiger partial charge is 0.355 e. The van der Waals surface area contributed by atoms with Gasteiger partial charge in [0.15, 0.2) is 0 Å². The van der Waals surface area contributed by atoms with Gasteiger partial charge in [-0.1, -0.05) is 0 Å². The van der Waals surface area contributed by atoms with Crippen LogP contribution in [0.2, 0.25) is 0 Å². The first-order valence-corrected chi connectivity index (χ1v) is 10.0. The Labute approximate surface area is 180 Å². The van der Waals surface area contributed by atoms with Gasteiger partial charge in [0.1, 0.15) is 23.3 Å². The molecule has 2 N–H and O–H groups in total. The topological polar surface area (TPSA) is 116 Å². The molecule has 9 heteroatoms. The second-order valence-electron chi connectivity index (χ2n) is 7.66. The van der Waals surface area contributed by atoms with Crippen LogP contribution < -0.4 is 0 Å². The molecule has 2 aromatic rings. The molecule has 2 aromatic heterocycles. The molecule has 0 unspecified atom stereocenters. The lowest BCUT2D eigenvalue weighted by Crippen LogP contribution is -2.35. The molecule has 3 rings (SSSR count). The number of carbonyl (C=O) groups is 3. The zero-order valence-electron chi connectivity index (χ0n) is 18.3. The van der Waals surface area contributed by atoms with Crippen LogP contribution in [-0.4, -0.2) is 71.3 Å². The van der Waals surface area contributed by atoms with E-state index < -0.39 is 23.7 Å². The molecule has 0 saturated carbocycles. The van der Waals surface area contributed by atoms with Gasteiger partial charge in [0.05, 0.1) is 18.4 Å². The highest BCUT2D eigenvalue weighted by Gasteiger charge is 2.47. The van der Waals surface area contributed by atoms with E-state index in [9.17, 15) is 19.5 Å². The number of aromatic amines is 1. The second-order valence-corrected chi connectivity index (χ2v) is 7.66. The summed E-state index contributed by atoms with van der Waals surface area (Å²) < 4.78 is 10.6. The van der Waals surface area contributed by atoms with Crippen LogP contribution in [0.4, 0.5) is 0 Å². The number of furan rings is 1. The largest absolute Gasteiger partial charge is 0.507 e. The number of carbonyl (C=O) groups excluding carboxylic acids is 3. The van der Waals surface area contributed by atoms with Crippen LogP contribution in [-0.2, 0) is 14.3 Å². The molecule has 1 atom stereocenters. The molecule has 166 valence electrons. The van der Waals surface area contributed by atoms with E-state index >= 15 is 0 Å². The Balaban J connectivity index is 2.15. The highest BCUT2D eigenvalue weighted by Crippen LogP contribution is 2.40. The van der Waals surface area contributed by atoms with Crippen molar-refractivity contribution in [3.05, 3.63) is 52.2 Å². The van der Waals surface area contributed by atoms with E-state index in [0.717, 1.165) is 0 Å². The lowest BCUT2D eigenvalue weighted by atomic mass is 9.97. The lowest BCUT2D eigenvalue weighted by molar-refractivity contribution is -0.140. The maximum atomic E-state index is 13.0. The van der Waals surface area contributed by atoms with Crippen molar-refractivity contribution in [3.63, 3.8) is 0 Å². The van der Waals surface area contributed by atoms with Gasteiger partial charge in [0.2, 0.25) is 0 Å². The molecule has 0 aliphatic carbocycles. The zero-order chi connectivity index (χ0) is 22.9. The van der Waals surface area contributed by atoms with Crippen molar-refractivity contribution in [1.29, 1.82) is 0 Å². The first kappa shape index (κ1) is 22.4. The van der Waals surface area contributed by atoms with Crippen molar-refractivity contribution in [3.8, 4) is 0 Å². The lowest BCUT2D eigenvalue weighted by Gasteiger charge is -2.24. The number of ether oxygens (including phenoxy) is 1. The highest BCUT2D eigenvalue weighted by molar-refractivity contribution is 6.46. The Kier molecular flexibility index (Phi) is 6.35. The Morgan fingerprint density at radius 3 is 2.61 bits per heavy atom. The fraction of sp³-hybridized carbons (Fsp3) is 0.409. The number of H-pyrrole nitrogens is 1. The summed E-state index contributed by atoms with van der Waals surface area (Å²) >= 11 is 0. The normalized spacial score (nSPS) is 18.3. The minimum atomic E-state index is -0.866. The number of Topliss-reactive ketones (excluding diaryl/α,β-unsaturated/α-hetero) is 1. The van der Waals surface area contributed by atoms with Gasteiger partial charge in [-0.05, 0) is 52.6 Å². The summed E-state index contributed by atoms with van der Waals surface area (Å²) in [6.07, 6.45) is 1.45. The number of hydrogen-bond donors (Lipinski definition) is 2. The minimum Gasteiger partial charge on any atom is -0.507 e. The van der Waals surface area contributed by atoms with Crippen LogP contribution in [0.25, 0.3) is 5.76 Å². The van der Waals surface area contributed by atoms with Crippen molar-refractivity contribution >= 4 is 23.4 Å². The van der Waals surface area contributed by atoms with E-state index in [1.165, 1.54) is 11.2 Å². The predicted octanol–water partition coefficient (Wildman–Crippen LogP) is 2.38. The molecular weight excluding hydrogens is 402 g/mol. The number of rotatable bonds is 7. The molecule has 1 amide bonds. The molecule has 9 nitrogen and oxygen atoms in total. The van der Waals surface area contributed by atoms with Gasteiger partial charge >= 0.3 is 5.97 Å². The minimum absolute atomic E-state index is 0.0701. The summed E-state index contributed by atoms with van der Waals surface area (Å²) in [6.45, 7) is 6.03. The second kappa shape index (κ2) is 8.81. The SMILES string of the molecule is CCOC(=O)c1[nH]c(C)c(/C(O)=C2\C(=O)C(=O)N(CCN(C)C)[C@H]2c2ccco2)c1C. The number of nitrogens with zero attached hydrogens (tertiary/aromatic N) is 2. The van der Waals surface area contributed by atoms with Crippen molar-refractivity contribution in [2.24, 2.45) is 0 Å². The molecule has 1 fully saturated rings. The van der Waals surface area contributed by atoms with Gasteiger partial charge in [-0.2, -0.15) is 0 Å². The summed E-state index contributed by atoms with van der Waals surface area (Å²) in [5.74, 6) is -2.04. The molecule has 1 aliphatic rings. The van der Waals surface area contributed by atoms with Crippen LogP contribution in [0.15, 0.2) is 28.4 Å². The average Bonchev–Trinajstić information content (AvgIpc) is 3.39. The first-order valence-electron chi connectivity index (χ1n) is 10.0. The number of hydrogen-bond acceptors (Lipinski definition) is 7. The quantitative estimate of drug-likeness (QED) is 0.300. The number of aliphatic hydroxyl groups is 1. The van der Waals surface area contributed by atoms with E-state index in [1.807, 2.05) is 19.0 Å². The van der Waals surface area contributed by atoms with Gasteiger partial charge in [0.25, 0.3) is 11.7 Å². The maximum absolute atomic E-state index is 13.0. The third-order valence-electron chi connectivity index (χ3n) is 5.29. The van der Waals surface area contributed by atoms with Crippen LogP contribution in [0, 0.1) is 13.8 Å². The molecule has 1 aliphatic heterocycles. The van der Waals surface area contributed by atoms with Gasteiger partial charge in [-0.3, -0.25) is 9.59 Å². The fourth-order valence-electron chi connectivity index (χ4n) is 3.81. The molecule has 31 heavy (non-hydrogen) atoms. The Hall–Kier alpha value is -3.33. The van der Waals surface area contributed by atoms with Crippen molar-refractivity contribution < 1.29 is 28.6 Å². The summed E-state index contributed by atoms with van der Waals surface area (Å²) in [4.78, 5) is 44.3. The summed E-state index contributed by atoms with van der Waals surface area (Å²) in [5.41, 5.74) is 1.34. The molecule has 1 saturated heterocycles. The summed E-state index contributed by atoms with van der Waals surface area (Å²) in [7, 11) is 3.73. The Morgan fingerprint density at radius 1 is 1.32 bits per heavy atom. The average molecular weight is 429 g/mol. The van der Waals surface area contributed by atoms with E-state index in [0.29, 0.717) is 29.1 Å². The Morgan fingerprint density at radius 2 is 2.03 bits per heavy atom. The molecule has 3 heterocycles. The number of nitrogens with one attached hydrogen (secondary N) is 1. The predicted molar refractivity (Wildman–Crippen MR) is 112 cm³/mol. The van der Waals surface area contributed by atoms with Gasteiger partial charge < -0.3 is 29.0 Å². The molecular formula is C22H27N3O6. The number of aromatic nitrogens is 1. The standard InChI is InChI=1S/C22H27N3O6/c1-6-30-22(29)17-12(2)15(13(3)23-17)19(26)16-18(14-8-7-11-31-14)25(10-9-24(4)5)21(28)20(16)27/h7-8,11,18,23,26H,6,9-10H2,1-5H3/b19-16+/t18-/m0/s1. The molecule has 0 radical (unpaired) electrons. The number of aliphatic hydroxyl groups excluding tert-OH is 1. The van der Waals surface area contributed by atoms with E-state index in [1.54, 1.807) is 32.9 Å². The zero-order valence-corrected chi connectivity index (χ0v) is 18.3. The maximum Gasteiger partial charge on any atom is 0.355 e. The molecule has 0 aromatic carbocycles. The fourth-order valence-corrected chi connectivity index (χ4v) is 3.81. The third kappa shape index (κ3) is 4.00. The Bertz CT molecular complexity index is 1030. The number of likely N-dealkylation sites (tertiary alicyclic amines) is 1. The van der Waals surface area contributed by atoms with Gasteiger partial charge in [-0.25, -0.2) is 4.79 Å². The van der Waals surface area contributed by atoms with Crippen LogP contribution in [0.5, 0.6) is 0 Å². The molecule has 0 bridgehead atoms. The number of esters is 1. The van der Waals surface area contributed by atoms with E-state index in [2.05, 4.69) is 4.98 Å². The van der Waals surface area contributed by atoms with Crippen LogP contribution in [0.3, 0.4) is 0 Å². The number of likely N-dealkylation sites (N-methyl/N-ethyl adjacent to an activating group) is 1. The summed E-state index contributed by atoms with van der Waals surface area (Å²) in [5, 5.41) is 11.2. The number of ketones is 1. The van der Waals surface area contributed by atoms with Gasteiger partial charge in [-0.15, -0.1) is 0 Å². The monoisotopic (exact) mass is 429 g/mol. The highest BCUT2D eigenvalue weighted by atomic mass is 16.5. The van der Waals surface area contributed by atoms with E-state index in [4.69, 9.17) is 9.15 Å². The van der Waals surface area contributed by atoms with Crippen LogP contribution in [0.1, 0.15) is 46.0 Å². The number of amides is 1. The third-order valence-corrected chi connectivity index (χ3v) is 5.29. The van der Waals surface area contributed by atoms with Crippen molar-refractivity contribution in [2.75, 3.05) is 33.8 Å². The van der Waals surface area contributed by atoms with E-state index in [-0.39, 0.29) is 30.2 Å².